The summed E-state index contributed by atoms with van der Waals surface area (Å²) in [6.07, 6.45) is 0. The molecule has 1 aromatic heterocycles. The lowest BCUT2D eigenvalue weighted by Gasteiger charge is -2.13. The first-order valence-corrected chi connectivity index (χ1v) is 10.4. The number of aromatic nitrogens is 1. The third-order valence-corrected chi connectivity index (χ3v) is 5.91. The predicted molar refractivity (Wildman–Crippen MR) is 111 cm³/mol. The number of carbonyl (C=O) groups is 1. The molecule has 30 heavy (non-hydrogen) atoms. The van der Waals surface area contributed by atoms with Crippen molar-refractivity contribution in [3.8, 4) is 11.5 Å². The summed E-state index contributed by atoms with van der Waals surface area (Å²) in [5.74, 6) is 0.0300. The highest BCUT2D eigenvalue weighted by atomic mass is 35.5. The standard InChI is InChI=1S/C19H18ClN3O6S/c1-11-17(20)19(29-22-11)23-30(25,26)16-7-5-4-6-13(16)18(24)21-12-8-9-14(27-2)15(10-12)28-3/h4-10,23H,1-3H3,(H,21,24). The van der Waals surface area contributed by atoms with Gasteiger partial charge in [0, 0.05) is 11.8 Å². The van der Waals surface area contributed by atoms with Crippen LogP contribution in [0.2, 0.25) is 5.02 Å². The number of methoxy groups -OCH3 is 2. The molecule has 2 N–H and O–H groups in total. The zero-order chi connectivity index (χ0) is 21.9. The van der Waals surface area contributed by atoms with Crippen molar-refractivity contribution < 1.29 is 27.2 Å². The fraction of sp³-hybridized carbons (Fsp3) is 0.158. The molecule has 0 aliphatic heterocycles. The van der Waals surface area contributed by atoms with E-state index in [2.05, 4.69) is 15.2 Å². The minimum absolute atomic E-state index is 0.0332. The smallest absolute Gasteiger partial charge is 0.265 e. The molecule has 1 heterocycles. The Hall–Kier alpha value is -3.24. The molecular weight excluding hydrogens is 434 g/mol. The highest BCUT2D eigenvalue weighted by Crippen LogP contribution is 2.31. The summed E-state index contributed by atoms with van der Waals surface area (Å²) in [5.41, 5.74) is 0.646. The van der Waals surface area contributed by atoms with E-state index in [0.29, 0.717) is 22.9 Å². The van der Waals surface area contributed by atoms with Crippen LogP contribution in [0.15, 0.2) is 51.9 Å². The van der Waals surface area contributed by atoms with Gasteiger partial charge in [-0.15, -0.1) is 0 Å². The van der Waals surface area contributed by atoms with Crippen LogP contribution in [0.4, 0.5) is 11.6 Å². The van der Waals surface area contributed by atoms with Crippen LogP contribution in [-0.2, 0) is 10.0 Å². The van der Waals surface area contributed by atoms with Crippen LogP contribution in [0.1, 0.15) is 16.1 Å². The normalized spacial score (nSPS) is 11.1. The van der Waals surface area contributed by atoms with Gasteiger partial charge in [-0.05, 0) is 31.2 Å². The van der Waals surface area contributed by atoms with E-state index < -0.39 is 15.9 Å². The maximum Gasteiger partial charge on any atom is 0.265 e. The fourth-order valence-electron chi connectivity index (χ4n) is 2.60. The van der Waals surface area contributed by atoms with Crippen LogP contribution in [-0.4, -0.2) is 33.7 Å². The molecule has 0 aliphatic carbocycles. The van der Waals surface area contributed by atoms with Crippen LogP contribution in [0, 0.1) is 6.92 Å². The van der Waals surface area contributed by atoms with E-state index in [-0.39, 0.29) is 21.4 Å². The second-order valence-corrected chi connectivity index (χ2v) is 8.07. The molecule has 0 spiro atoms. The second kappa shape index (κ2) is 8.64. The molecule has 0 unspecified atom stereocenters. The number of ether oxygens (including phenoxy) is 2. The Bertz CT molecular complexity index is 1190. The Labute approximate surface area is 178 Å². The average molecular weight is 452 g/mol. The molecular formula is C19H18ClN3O6S. The number of hydrogen-bond donors (Lipinski definition) is 2. The van der Waals surface area contributed by atoms with E-state index in [1.54, 1.807) is 31.2 Å². The molecule has 3 aromatic rings. The number of benzene rings is 2. The third-order valence-electron chi connectivity index (χ3n) is 4.08. The summed E-state index contributed by atoms with van der Waals surface area (Å²) in [6, 6.07) is 10.5. The first-order chi connectivity index (χ1) is 14.3. The van der Waals surface area contributed by atoms with Crippen LogP contribution >= 0.6 is 11.6 Å². The molecule has 0 aliphatic rings. The van der Waals surface area contributed by atoms with Crippen LogP contribution in [0.5, 0.6) is 11.5 Å². The molecule has 0 bridgehead atoms. The van der Waals surface area contributed by atoms with Gasteiger partial charge in [0.2, 0.25) is 0 Å². The van der Waals surface area contributed by atoms with Crippen LogP contribution < -0.4 is 19.5 Å². The SMILES string of the molecule is COc1ccc(NC(=O)c2ccccc2S(=O)(=O)Nc2onc(C)c2Cl)cc1OC. The van der Waals surface area contributed by atoms with Crippen molar-refractivity contribution >= 4 is 39.1 Å². The highest BCUT2D eigenvalue weighted by molar-refractivity contribution is 7.92. The van der Waals surface area contributed by atoms with Gasteiger partial charge in [0.05, 0.1) is 19.8 Å². The number of anilines is 2. The van der Waals surface area contributed by atoms with Crippen molar-refractivity contribution in [2.75, 3.05) is 24.3 Å². The van der Waals surface area contributed by atoms with Gasteiger partial charge < -0.3 is 19.3 Å². The van der Waals surface area contributed by atoms with Crippen LogP contribution in [0.25, 0.3) is 0 Å². The highest BCUT2D eigenvalue weighted by Gasteiger charge is 2.25. The Kier molecular flexibility index (Phi) is 6.18. The lowest BCUT2D eigenvalue weighted by molar-refractivity contribution is 0.102. The Morgan fingerprint density at radius 3 is 2.43 bits per heavy atom. The molecule has 1 amide bonds. The van der Waals surface area contributed by atoms with E-state index in [9.17, 15) is 13.2 Å². The molecule has 0 saturated carbocycles. The van der Waals surface area contributed by atoms with Gasteiger partial charge >= 0.3 is 0 Å². The van der Waals surface area contributed by atoms with Gasteiger partial charge in [-0.25, -0.2) is 13.1 Å². The number of carbonyl (C=O) groups excluding carboxylic acids is 1. The summed E-state index contributed by atoms with van der Waals surface area (Å²) >= 11 is 5.98. The summed E-state index contributed by atoms with van der Waals surface area (Å²) in [5, 5.41) is 6.28. The molecule has 0 atom stereocenters. The van der Waals surface area contributed by atoms with Crippen LogP contribution in [0.3, 0.4) is 0 Å². The maximum absolute atomic E-state index is 12.9. The van der Waals surface area contributed by atoms with Gasteiger partial charge in [-0.2, -0.15) is 0 Å². The van der Waals surface area contributed by atoms with Crippen molar-refractivity contribution in [1.29, 1.82) is 0 Å². The first-order valence-electron chi connectivity index (χ1n) is 8.54. The van der Waals surface area contributed by atoms with Crippen molar-refractivity contribution in [2.24, 2.45) is 0 Å². The number of nitrogens with zero attached hydrogens (tertiary/aromatic N) is 1. The van der Waals surface area contributed by atoms with E-state index in [0.717, 1.165) is 0 Å². The summed E-state index contributed by atoms with van der Waals surface area (Å²) < 4.78 is 43.2. The maximum atomic E-state index is 12.9. The quantitative estimate of drug-likeness (QED) is 0.561. The summed E-state index contributed by atoms with van der Waals surface area (Å²) in [6.45, 7) is 1.56. The topological polar surface area (TPSA) is 120 Å². The second-order valence-electron chi connectivity index (χ2n) is 6.04. The van der Waals surface area contributed by atoms with E-state index >= 15 is 0 Å². The number of hydrogen-bond acceptors (Lipinski definition) is 7. The molecule has 11 heteroatoms. The monoisotopic (exact) mass is 451 g/mol. The predicted octanol–water partition coefficient (Wildman–Crippen LogP) is 3.71. The number of halogens is 1. The van der Waals surface area contributed by atoms with Gasteiger partial charge in [-0.1, -0.05) is 28.9 Å². The number of nitrogens with one attached hydrogen (secondary N) is 2. The molecule has 9 nitrogen and oxygen atoms in total. The van der Waals surface area contributed by atoms with Gasteiger partial charge in [-0.3, -0.25) is 4.79 Å². The van der Waals surface area contributed by atoms with Crippen molar-refractivity contribution in [3.05, 3.63) is 58.7 Å². The van der Waals surface area contributed by atoms with E-state index in [1.165, 1.54) is 32.4 Å². The average Bonchev–Trinajstić information content (AvgIpc) is 3.05. The summed E-state index contributed by atoms with van der Waals surface area (Å²) in [4.78, 5) is 12.6. The number of amides is 1. The van der Waals surface area contributed by atoms with E-state index in [4.69, 9.17) is 25.6 Å². The lowest BCUT2D eigenvalue weighted by Crippen LogP contribution is -2.20. The van der Waals surface area contributed by atoms with Crippen molar-refractivity contribution in [3.63, 3.8) is 0 Å². The molecule has 0 fully saturated rings. The van der Waals surface area contributed by atoms with Gasteiger partial charge in [0.1, 0.15) is 15.6 Å². The third kappa shape index (κ3) is 4.34. The lowest BCUT2D eigenvalue weighted by atomic mass is 10.2. The molecule has 2 aromatic carbocycles. The minimum Gasteiger partial charge on any atom is -0.493 e. The van der Waals surface area contributed by atoms with Gasteiger partial charge in [0.25, 0.3) is 21.8 Å². The first kappa shape index (κ1) is 21.5. The van der Waals surface area contributed by atoms with Crippen molar-refractivity contribution in [2.45, 2.75) is 11.8 Å². The largest absolute Gasteiger partial charge is 0.493 e. The van der Waals surface area contributed by atoms with Gasteiger partial charge in [0.15, 0.2) is 11.5 Å². The number of sulfonamides is 1. The molecule has 0 radical (unpaired) electrons. The Morgan fingerprint density at radius 1 is 1.10 bits per heavy atom. The molecule has 3 rings (SSSR count). The molecule has 0 saturated heterocycles. The fourth-order valence-corrected chi connectivity index (χ4v) is 3.97. The number of aryl methyl sites for hydroxylation is 1. The Balaban J connectivity index is 1.91. The minimum atomic E-state index is -4.19. The zero-order valence-corrected chi connectivity index (χ0v) is 17.8. The number of rotatable bonds is 7. The van der Waals surface area contributed by atoms with E-state index in [1.807, 2.05) is 0 Å². The zero-order valence-electron chi connectivity index (χ0n) is 16.2. The summed E-state index contributed by atoms with van der Waals surface area (Å²) in [7, 11) is -1.23. The van der Waals surface area contributed by atoms with Crippen molar-refractivity contribution in [1.82, 2.24) is 5.16 Å². The Morgan fingerprint density at radius 2 is 1.80 bits per heavy atom. The molecule has 158 valence electrons.